The number of fused-ring (bicyclic) bond motifs is 2. The first-order chi connectivity index (χ1) is 13.7. The van der Waals surface area contributed by atoms with Gasteiger partial charge in [-0.25, -0.2) is 9.97 Å². The Morgan fingerprint density at radius 3 is 2.79 bits per heavy atom. The van der Waals surface area contributed by atoms with E-state index >= 15 is 0 Å². The molecule has 0 aliphatic rings. The summed E-state index contributed by atoms with van der Waals surface area (Å²) in [7, 11) is 1.81. The zero-order valence-electron chi connectivity index (χ0n) is 15.2. The van der Waals surface area contributed by atoms with Crippen molar-refractivity contribution in [1.29, 1.82) is 0 Å². The quantitative estimate of drug-likeness (QED) is 0.469. The molecular formula is C21H17N5OS. The molecule has 0 spiro atoms. The van der Waals surface area contributed by atoms with E-state index in [1.54, 1.807) is 4.90 Å². The minimum absolute atomic E-state index is 0.0471. The minimum atomic E-state index is -0.0471. The van der Waals surface area contributed by atoms with Gasteiger partial charge in [-0.1, -0.05) is 36.4 Å². The summed E-state index contributed by atoms with van der Waals surface area (Å²) in [6.07, 6.45) is 5.70. The Morgan fingerprint density at radius 1 is 1.11 bits per heavy atom. The third-order valence-corrected chi connectivity index (χ3v) is 5.58. The average Bonchev–Trinajstić information content (AvgIpc) is 3.43. The molecule has 0 aliphatic heterocycles. The maximum absolute atomic E-state index is 13.1. The van der Waals surface area contributed by atoms with Crippen molar-refractivity contribution in [2.45, 2.75) is 6.54 Å². The maximum atomic E-state index is 13.1. The van der Waals surface area contributed by atoms with Crippen LogP contribution >= 0.6 is 11.3 Å². The van der Waals surface area contributed by atoms with E-state index in [2.05, 4.69) is 9.97 Å². The standard InChI is InChI=1S/C21H17N5OS/c1-24(12-16-11-22-19-9-5-6-10-25(16)19)20(27)18-14-28-21-23-17(13-26(18)21)15-7-3-2-4-8-15/h2-11,13-14H,12H2,1H3. The van der Waals surface area contributed by atoms with Crippen molar-refractivity contribution in [3.8, 4) is 11.3 Å². The first kappa shape index (κ1) is 16.7. The smallest absolute Gasteiger partial charge is 0.271 e. The van der Waals surface area contributed by atoms with Crippen LogP contribution in [-0.4, -0.2) is 36.6 Å². The number of amides is 1. The number of hydrogen-bond acceptors (Lipinski definition) is 4. The molecule has 5 aromatic rings. The van der Waals surface area contributed by atoms with Crippen LogP contribution in [0.3, 0.4) is 0 Å². The summed E-state index contributed by atoms with van der Waals surface area (Å²) in [6.45, 7) is 0.474. The van der Waals surface area contributed by atoms with E-state index in [-0.39, 0.29) is 5.91 Å². The summed E-state index contributed by atoms with van der Waals surface area (Å²) < 4.78 is 3.87. The zero-order chi connectivity index (χ0) is 19.1. The number of nitrogens with zero attached hydrogens (tertiary/aromatic N) is 5. The summed E-state index contributed by atoms with van der Waals surface area (Å²) in [5.41, 5.74) is 4.36. The van der Waals surface area contributed by atoms with Crippen molar-refractivity contribution in [1.82, 2.24) is 23.7 Å². The Bertz CT molecular complexity index is 1280. The average molecular weight is 387 g/mol. The highest BCUT2D eigenvalue weighted by molar-refractivity contribution is 7.15. The fraction of sp³-hybridized carbons (Fsp3) is 0.0952. The Labute approximate surface area is 165 Å². The van der Waals surface area contributed by atoms with E-state index in [9.17, 15) is 4.79 Å². The molecule has 0 fully saturated rings. The number of imidazole rings is 2. The van der Waals surface area contributed by atoms with E-state index in [1.165, 1.54) is 11.3 Å². The lowest BCUT2D eigenvalue weighted by atomic mass is 10.2. The van der Waals surface area contributed by atoms with Crippen molar-refractivity contribution in [3.05, 3.63) is 83.9 Å². The van der Waals surface area contributed by atoms with E-state index in [0.717, 1.165) is 27.6 Å². The lowest BCUT2D eigenvalue weighted by molar-refractivity contribution is 0.0776. The number of rotatable bonds is 4. The monoisotopic (exact) mass is 387 g/mol. The molecule has 4 heterocycles. The van der Waals surface area contributed by atoms with Crippen LogP contribution in [0.4, 0.5) is 0 Å². The molecule has 0 saturated heterocycles. The van der Waals surface area contributed by atoms with Crippen LogP contribution in [0.2, 0.25) is 0 Å². The topological polar surface area (TPSA) is 54.9 Å². The SMILES string of the molecule is CN(Cc1cnc2ccccn12)C(=O)c1csc2nc(-c3ccccc3)cn12. The number of carbonyl (C=O) groups excluding carboxylic acids is 1. The van der Waals surface area contributed by atoms with Crippen LogP contribution in [-0.2, 0) is 6.54 Å². The molecule has 0 saturated carbocycles. The highest BCUT2D eigenvalue weighted by Gasteiger charge is 2.19. The van der Waals surface area contributed by atoms with Gasteiger partial charge in [0.25, 0.3) is 5.91 Å². The predicted octanol–water partition coefficient (Wildman–Crippen LogP) is 3.98. The van der Waals surface area contributed by atoms with Crippen molar-refractivity contribution in [2.75, 3.05) is 7.05 Å². The summed E-state index contributed by atoms with van der Waals surface area (Å²) in [4.78, 5) is 24.7. The van der Waals surface area contributed by atoms with E-state index < -0.39 is 0 Å². The van der Waals surface area contributed by atoms with Gasteiger partial charge in [0.1, 0.15) is 11.3 Å². The molecule has 7 heteroatoms. The van der Waals surface area contributed by atoms with E-state index in [1.807, 2.05) is 88.4 Å². The summed E-state index contributed by atoms with van der Waals surface area (Å²) in [5, 5.41) is 1.87. The summed E-state index contributed by atoms with van der Waals surface area (Å²) >= 11 is 1.47. The number of aromatic nitrogens is 4. The molecule has 1 amide bonds. The van der Waals surface area contributed by atoms with Crippen LogP contribution in [0.5, 0.6) is 0 Å². The normalized spacial score (nSPS) is 11.3. The highest BCUT2D eigenvalue weighted by Crippen LogP contribution is 2.24. The Hall–Kier alpha value is -3.45. The number of thiazole rings is 1. The molecule has 6 nitrogen and oxygen atoms in total. The third-order valence-electron chi connectivity index (χ3n) is 4.74. The van der Waals surface area contributed by atoms with Gasteiger partial charge in [-0.15, -0.1) is 11.3 Å². The lowest BCUT2D eigenvalue weighted by Crippen LogP contribution is -2.27. The van der Waals surface area contributed by atoms with Gasteiger partial charge >= 0.3 is 0 Å². The zero-order valence-corrected chi connectivity index (χ0v) is 16.0. The second-order valence-corrected chi connectivity index (χ2v) is 7.44. The summed E-state index contributed by atoms with van der Waals surface area (Å²) in [5.74, 6) is -0.0471. The lowest BCUT2D eigenvalue weighted by Gasteiger charge is -2.16. The number of carbonyl (C=O) groups is 1. The van der Waals surface area contributed by atoms with Gasteiger partial charge in [-0.3, -0.25) is 9.20 Å². The van der Waals surface area contributed by atoms with Crippen LogP contribution in [0, 0.1) is 0 Å². The first-order valence-corrected chi connectivity index (χ1v) is 9.77. The van der Waals surface area contributed by atoms with Crippen molar-refractivity contribution in [2.24, 2.45) is 0 Å². The molecule has 0 aliphatic carbocycles. The molecule has 0 radical (unpaired) electrons. The van der Waals surface area contributed by atoms with E-state index in [4.69, 9.17) is 0 Å². The fourth-order valence-electron chi connectivity index (χ4n) is 3.30. The molecule has 1 aromatic carbocycles. The molecule has 0 atom stereocenters. The molecule has 0 unspecified atom stereocenters. The molecule has 4 aromatic heterocycles. The van der Waals surface area contributed by atoms with Gasteiger partial charge in [0, 0.05) is 30.4 Å². The van der Waals surface area contributed by atoms with Crippen molar-refractivity contribution in [3.63, 3.8) is 0 Å². The van der Waals surface area contributed by atoms with Crippen LogP contribution in [0.25, 0.3) is 21.9 Å². The second kappa shape index (κ2) is 6.61. The van der Waals surface area contributed by atoms with Crippen molar-refractivity contribution < 1.29 is 4.79 Å². The third kappa shape index (κ3) is 2.76. The number of pyridine rings is 1. The summed E-state index contributed by atoms with van der Waals surface area (Å²) in [6, 6.07) is 15.8. The van der Waals surface area contributed by atoms with Crippen LogP contribution < -0.4 is 0 Å². The first-order valence-electron chi connectivity index (χ1n) is 8.89. The minimum Gasteiger partial charge on any atom is -0.335 e. The van der Waals surface area contributed by atoms with E-state index in [0.29, 0.717) is 12.2 Å². The molecule has 5 rings (SSSR count). The van der Waals surface area contributed by atoms with Gasteiger partial charge in [-0.2, -0.15) is 0 Å². The second-order valence-electron chi connectivity index (χ2n) is 6.61. The molecule has 0 N–H and O–H groups in total. The Balaban J connectivity index is 1.44. The largest absolute Gasteiger partial charge is 0.335 e. The number of hydrogen-bond donors (Lipinski definition) is 0. The van der Waals surface area contributed by atoms with Crippen LogP contribution in [0.15, 0.2) is 72.5 Å². The number of benzene rings is 1. The molecular weight excluding hydrogens is 370 g/mol. The Morgan fingerprint density at radius 2 is 1.93 bits per heavy atom. The predicted molar refractivity (Wildman–Crippen MR) is 109 cm³/mol. The van der Waals surface area contributed by atoms with Gasteiger partial charge in [0.15, 0.2) is 4.96 Å². The van der Waals surface area contributed by atoms with Gasteiger partial charge in [0.05, 0.1) is 24.1 Å². The molecule has 28 heavy (non-hydrogen) atoms. The highest BCUT2D eigenvalue weighted by atomic mass is 32.1. The Kier molecular flexibility index (Phi) is 3.95. The van der Waals surface area contributed by atoms with Crippen molar-refractivity contribution >= 4 is 27.9 Å². The van der Waals surface area contributed by atoms with Gasteiger partial charge < -0.3 is 9.30 Å². The van der Waals surface area contributed by atoms with Crippen LogP contribution in [0.1, 0.15) is 16.2 Å². The molecule has 0 bridgehead atoms. The molecule has 138 valence electrons. The fourth-order valence-corrected chi connectivity index (χ4v) is 4.15. The van der Waals surface area contributed by atoms with Gasteiger partial charge in [-0.05, 0) is 12.1 Å². The van der Waals surface area contributed by atoms with Gasteiger partial charge in [0.2, 0.25) is 0 Å². The maximum Gasteiger partial charge on any atom is 0.271 e.